The Bertz CT molecular complexity index is 792. The van der Waals surface area contributed by atoms with E-state index in [9.17, 15) is 9.59 Å². The molecular weight excluding hydrogens is 330 g/mol. The van der Waals surface area contributed by atoms with Crippen molar-refractivity contribution in [2.75, 3.05) is 5.32 Å². The Labute approximate surface area is 142 Å². The number of hydrogen-bond donors (Lipinski definition) is 2. The highest BCUT2D eigenvalue weighted by Crippen LogP contribution is 2.39. The van der Waals surface area contributed by atoms with E-state index in [1.54, 1.807) is 0 Å². The summed E-state index contributed by atoms with van der Waals surface area (Å²) in [7, 11) is 0. The molecule has 0 saturated heterocycles. The number of carbonyl (C=O) groups excluding carboxylic acids is 2. The SMILES string of the molecule is Cc1nc(C)c(C(=O)Nc2sc3c(c2C(N)=O)CCC(C)C3)s1. The Morgan fingerprint density at radius 3 is 2.65 bits per heavy atom. The highest BCUT2D eigenvalue weighted by atomic mass is 32.1. The molecule has 5 nitrogen and oxygen atoms in total. The Balaban J connectivity index is 1.95. The standard InChI is InChI=1S/C16H19N3O2S2/c1-7-4-5-10-11(6-7)23-16(12(10)14(17)20)19-15(21)13-8(2)18-9(3)22-13/h7H,4-6H2,1-3H3,(H2,17,20)(H,19,21). The first-order valence-electron chi connectivity index (χ1n) is 7.56. The quantitative estimate of drug-likeness (QED) is 0.891. The summed E-state index contributed by atoms with van der Waals surface area (Å²) < 4.78 is 0. The first kappa shape index (κ1) is 16.1. The van der Waals surface area contributed by atoms with E-state index in [1.807, 2.05) is 13.8 Å². The number of thiophene rings is 1. The molecule has 2 amide bonds. The molecule has 0 fully saturated rings. The van der Waals surface area contributed by atoms with Crippen LogP contribution in [-0.2, 0) is 12.8 Å². The Hall–Kier alpha value is -1.73. The van der Waals surface area contributed by atoms with E-state index < -0.39 is 5.91 Å². The number of fused-ring (bicyclic) bond motifs is 1. The molecule has 0 radical (unpaired) electrons. The van der Waals surface area contributed by atoms with E-state index in [0.717, 1.165) is 29.8 Å². The number of carbonyl (C=O) groups is 2. The van der Waals surface area contributed by atoms with Crippen LogP contribution < -0.4 is 11.1 Å². The summed E-state index contributed by atoms with van der Waals surface area (Å²) >= 11 is 2.84. The van der Waals surface area contributed by atoms with Crippen molar-refractivity contribution < 1.29 is 9.59 Å². The number of thiazole rings is 1. The maximum Gasteiger partial charge on any atom is 0.268 e. The molecule has 0 saturated carbocycles. The smallest absolute Gasteiger partial charge is 0.268 e. The maximum atomic E-state index is 12.5. The fourth-order valence-corrected chi connectivity index (χ4v) is 5.23. The number of primary amides is 1. The lowest BCUT2D eigenvalue weighted by molar-refractivity contribution is 0.1000. The number of rotatable bonds is 3. The molecule has 1 aliphatic rings. The molecule has 3 rings (SSSR count). The summed E-state index contributed by atoms with van der Waals surface area (Å²) in [5.74, 6) is -0.0939. The molecule has 2 aromatic rings. The van der Waals surface area contributed by atoms with Crippen LogP contribution in [0.3, 0.4) is 0 Å². The predicted molar refractivity (Wildman–Crippen MR) is 93.6 cm³/mol. The minimum atomic E-state index is -0.468. The minimum absolute atomic E-state index is 0.220. The van der Waals surface area contributed by atoms with Crippen LogP contribution in [0.15, 0.2) is 0 Å². The summed E-state index contributed by atoms with van der Waals surface area (Å²) in [6.45, 7) is 5.89. The van der Waals surface area contributed by atoms with E-state index in [-0.39, 0.29) is 5.91 Å². The molecule has 0 aromatic carbocycles. The lowest BCUT2D eigenvalue weighted by Crippen LogP contribution is -2.19. The fourth-order valence-electron chi connectivity index (χ4n) is 3.00. The number of amides is 2. The minimum Gasteiger partial charge on any atom is -0.365 e. The van der Waals surface area contributed by atoms with Gasteiger partial charge in [0.25, 0.3) is 11.8 Å². The summed E-state index contributed by atoms with van der Waals surface area (Å²) in [5.41, 5.74) is 7.79. The number of aryl methyl sites for hydroxylation is 2. The number of hydrogen-bond acceptors (Lipinski definition) is 5. The third kappa shape index (κ3) is 3.03. The van der Waals surface area contributed by atoms with Crippen molar-refractivity contribution in [3.8, 4) is 0 Å². The van der Waals surface area contributed by atoms with Gasteiger partial charge in [0.05, 0.1) is 16.3 Å². The van der Waals surface area contributed by atoms with Crippen molar-refractivity contribution in [3.05, 3.63) is 31.6 Å². The molecule has 23 heavy (non-hydrogen) atoms. The number of nitrogens with zero attached hydrogens (tertiary/aromatic N) is 1. The number of nitrogens with one attached hydrogen (secondary N) is 1. The molecule has 122 valence electrons. The summed E-state index contributed by atoms with van der Waals surface area (Å²) in [6, 6.07) is 0. The van der Waals surface area contributed by atoms with Gasteiger partial charge in [0, 0.05) is 4.88 Å². The zero-order valence-electron chi connectivity index (χ0n) is 13.4. The lowest BCUT2D eigenvalue weighted by atomic mass is 9.88. The molecule has 3 N–H and O–H groups in total. The van der Waals surface area contributed by atoms with Gasteiger partial charge in [-0.3, -0.25) is 9.59 Å². The van der Waals surface area contributed by atoms with E-state index >= 15 is 0 Å². The van der Waals surface area contributed by atoms with Crippen molar-refractivity contribution in [3.63, 3.8) is 0 Å². The van der Waals surface area contributed by atoms with Crippen LogP contribution in [0.2, 0.25) is 0 Å². The van der Waals surface area contributed by atoms with Crippen molar-refractivity contribution >= 4 is 39.5 Å². The van der Waals surface area contributed by atoms with Gasteiger partial charge in [-0.2, -0.15) is 0 Å². The van der Waals surface area contributed by atoms with Crippen LogP contribution in [0.25, 0.3) is 0 Å². The molecule has 1 atom stereocenters. The number of aromatic nitrogens is 1. The normalized spacial score (nSPS) is 16.9. The second-order valence-corrected chi connectivity index (χ2v) is 8.33. The van der Waals surface area contributed by atoms with Gasteiger partial charge in [-0.05, 0) is 44.6 Å². The Morgan fingerprint density at radius 2 is 2.04 bits per heavy atom. The molecule has 1 unspecified atom stereocenters. The van der Waals surface area contributed by atoms with Gasteiger partial charge in [-0.1, -0.05) is 6.92 Å². The van der Waals surface area contributed by atoms with Gasteiger partial charge in [-0.15, -0.1) is 22.7 Å². The van der Waals surface area contributed by atoms with Crippen molar-refractivity contribution in [2.45, 2.75) is 40.0 Å². The molecule has 7 heteroatoms. The monoisotopic (exact) mass is 349 g/mol. The van der Waals surface area contributed by atoms with Gasteiger partial charge >= 0.3 is 0 Å². The van der Waals surface area contributed by atoms with E-state index in [1.165, 1.54) is 27.6 Å². The zero-order chi connectivity index (χ0) is 16.7. The van der Waals surface area contributed by atoms with Crippen molar-refractivity contribution in [1.82, 2.24) is 4.98 Å². The Kier molecular flexibility index (Phi) is 4.25. The highest BCUT2D eigenvalue weighted by molar-refractivity contribution is 7.17. The third-order valence-electron chi connectivity index (χ3n) is 4.09. The van der Waals surface area contributed by atoms with Crippen LogP contribution in [0.1, 0.15) is 54.5 Å². The summed E-state index contributed by atoms with van der Waals surface area (Å²) in [6.07, 6.45) is 2.83. The fraction of sp³-hybridized carbons (Fsp3) is 0.438. The second-order valence-electron chi connectivity index (χ2n) is 6.02. The van der Waals surface area contributed by atoms with E-state index in [4.69, 9.17) is 5.73 Å². The number of anilines is 1. The summed E-state index contributed by atoms with van der Waals surface area (Å²) in [5, 5.41) is 4.31. The average molecular weight is 349 g/mol. The predicted octanol–water partition coefficient (Wildman–Crippen LogP) is 3.30. The van der Waals surface area contributed by atoms with Crippen LogP contribution in [0, 0.1) is 19.8 Å². The van der Waals surface area contributed by atoms with E-state index in [0.29, 0.717) is 27.1 Å². The molecule has 0 bridgehead atoms. The van der Waals surface area contributed by atoms with Crippen LogP contribution in [0.4, 0.5) is 5.00 Å². The second kappa shape index (κ2) is 6.05. The highest BCUT2D eigenvalue weighted by Gasteiger charge is 2.28. The van der Waals surface area contributed by atoms with E-state index in [2.05, 4.69) is 17.2 Å². The van der Waals surface area contributed by atoms with Gasteiger partial charge in [0.15, 0.2) is 0 Å². The zero-order valence-corrected chi connectivity index (χ0v) is 15.0. The Morgan fingerprint density at radius 1 is 1.30 bits per heavy atom. The van der Waals surface area contributed by atoms with Gasteiger partial charge in [-0.25, -0.2) is 4.98 Å². The van der Waals surface area contributed by atoms with Gasteiger partial charge < -0.3 is 11.1 Å². The molecule has 0 spiro atoms. The molecule has 2 heterocycles. The first-order chi connectivity index (χ1) is 10.9. The first-order valence-corrected chi connectivity index (χ1v) is 9.19. The largest absolute Gasteiger partial charge is 0.365 e. The lowest BCUT2D eigenvalue weighted by Gasteiger charge is -2.18. The molecular formula is C16H19N3O2S2. The van der Waals surface area contributed by atoms with Gasteiger partial charge in [0.2, 0.25) is 0 Å². The van der Waals surface area contributed by atoms with Crippen LogP contribution >= 0.6 is 22.7 Å². The third-order valence-corrected chi connectivity index (χ3v) is 6.34. The maximum absolute atomic E-state index is 12.5. The van der Waals surface area contributed by atoms with Crippen molar-refractivity contribution in [2.24, 2.45) is 11.7 Å². The van der Waals surface area contributed by atoms with Crippen molar-refractivity contribution in [1.29, 1.82) is 0 Å². The molecule has 2 aromatic heterocycles. The van der Waals surface area contributed by atoms with Crippen LogP contribution in [-0.4, -0.2) is 16.8 Å². The summed E-state index contributed by atoms with van der Waals surface area (Å²) in [4.78, 5) is 30.4. The molecule has 1 aliphatic carbocycles. The number of nitrogens with two attached hydrogens (primary N) is 1. The topological polar surface area (TPSA) is 85.1 Å². The molecule has 0 aliphatic heterocycles. The average Bonchev–Trinajstić information content (AvgIpc) is 2.97. The van der Waals surface area contributed by atoms with Crippen LogP contribution in [0.5, 0.6) is 0 Å². The van der Waals surface area contributed by atoms with Gasteiger partial charge in [0.1, 0.15) is 9.88 Å².